The van der Waals surface area contributed by atoms with Crippen LogP contribution in [0.25, 0.3) is 11.1 Å². The summed E-state index contributed by atoms with van der Waals surface area (Å²) in [6.07, 6.45) is 38.3. The molecule has 0 atom stereocenters. The Morgan fingerprint density at radius 2 is 0.361 bits per heavy atom. The van der Waals surface area contributed by atoms with E-state index < -0.39 is 0 Å². The number of hydrogen-bond donors (Lipinski definition) is 0. The van der Waals surface area contributed by atoms with E-state index in [0.717, 1.165) is 48.4 Å². The Hall–Kier alpha value is -10.2. The molecule has 12 aromatic carbocycles. The second kappa shape index (κ2) is 48.4. The molecule has 12 aromatic rings. The van der Waals surface area contributed by atoms with E-state index in [9.17, 15) is 0 Å². The van der Waals surface area contributed by atoms with Crippen molar-refractivity contribution in [2.45, 2.75) is 466 Å². The average Bonchev–Trinajstić information content (AvgIpc) is 1.55. The van der Waals surface area contributed by atoms with Crippen LogP contribution in [0.1, 0.15) is 450 Å². The summed E-state index contributed by atoms with van der Waals surface area (Å²) in [4.78, 5) is 10.2. The molecule has 0 aliphatic heterocycles. The summed E-state index contributed by atoms with van der Waals surface area (Å²) in [6.45, 7) is 79.4. The summed E-state index contributed by atoms with van der Waals surface area (Å²) in [6, 6.07) is 78.4. The van der Waals surface area contributed by atoms with E-state index in [2.05, 4.69) is 449 Å². The quantitative estimate of drug-likeness (QED) is 0.0353. The molecule has 4 heteroatoms. The highest BCUT2D eigenvalue weighted by molar-refractivity contribution is 5.90. The van der Waals surface area contributed by atoms with Gasteiger partial charge >= 0.3 is 0 Å². The molecule has 0 fully saturated rings. The van der Waals surface area contributed by atoms with Crippen LogP contribution in [-0.2, 0) is 63.6 Å². The number of anilines is 12. The molecule has 0 spiro atoms. The minimum Gasteiger partial charge on any atom is -0.310 e. The van der Waals surface area contributed by atoms with Crippen LogP contribution in [0.15, 0.2) is 194 Å². The Labute approximate surface area is 897 Å². The molecule has 0 aromatic heterocycles. The van der Waals surface area contributed by atoms with Crippen molar-refractivity contribution in [1.29, 1.82) is 0 Å². The van der Waals surface area contributed by atoms with Crippen LogP contribution >= 0.6 is 0 Å². The fourth-order valence-corrected chi connectivity index (χ4v) is 24.3. The highest BCUT2D eigenvalue weighted by atomic mass is 15.2. The van der Waals surface area contributed by atoms with Crippen LogP contribution in [0, 0.1) is 96.9 Å². The molecule has 13 rings (SSSR count). The Morgan fingerprint density at radius 3 is 0.571 bits per heavy atom. The molecule has 0 unspecified atom stereocenters. The Morgan fingerprint density at radius 1 is 0.184 bits per heavy atom. The molecule has 147 heavy (non-hydrogen) atoms. The molecule has 1 aliphatic rings. The first kappa shape index (κ1) is 114. The summed E-state index contributed by atoms with van der Waals surface area (Å²) >= 11 is 0. The van der Waals surface area contributed by atoms with E-state index in [1.165, 1.54) is 335 Å². The molecule has 0 saturated heterocycles. The summed E-state index contributed by atoms with van der Waals surface area (Å²) in [5.41, 5.74) is 54.1. The molecule has 0 bridgehead atoms. The van der Waals surface area contributed by atoms with Gasteiger partial charge in [0.2, 0.25) is 0 Å². The third kappa shape index (κ3) is 27.4. The lowest BCUT2D eigenvalue weighted by atomic mass is 9.69. The van der Waals surface area contributed by atoms with Crippen LogP contribution < -0.4 is 19.6 Å². The van der Waals surface area contributed by atoms with Gasteiger partial charge in [-0.1, -0.05) is 388 Å². The highest BCUT2D eigenvalue weighted by Crippen LogP contribution is 2.58. The molecule has 0 heterocycles. The largest absolute Gasteiger partial charge is 0.310 e. The molecular weight excluding hydrogens is 1770 g/mol. The lowest BCUT2D eigenvalue weighted by Crippen LogP contribution is -2.26. The van der Waals surface area contributed by atoms with E-state index >= 15 is 0 Å². The number of aryl methyl sites for hydroxylation is 18. The summed E-state index contributed by atoms with van der Waals surface area (Å²) in [7, 11) is 0. The van der Waals surface area contributed by atoms with E-state index in [0.29, 0.717) is 0 Å². The van der Waals surface area contributed by atoms with Crippen LogP contribution in [0.3, 0.4) is 0 Å². The molecule has 0 amide bonds. The molecule has 0 saturated carbocycles. The van der Waals surface area contributed by atoms with Crippen molar-refractivity contribution in [2.24, 2.45) is 0 Å². The van der Waals surface area contributed by atoms with Crippen molar-refractivity contribution in [3.05, 3.63) is 339 Å². The predicted molar refractivity (Wildman–Crippen MR) is 649 cm³/mol. The van der Waals surface area contributed by atoms with Crippen molar-refractivity contribution in [3.8, 4) is 11.1 Å². The average molecular weight is 1970 g/mol. The van der Waals surface area contributed by atoms with Gasteiger partial charge < -0.3 is 19.6 Å². The second-order valence-corrected chi connectivity index (χ2v) is 52.0. The minimum absolute atomic E-state index is 0.0333. The zero-order valence-electron chi connectivity index (χ0n) is 99.0. The fraction of sp³-hybridized carbons (Fsp3) is 0.497. The SMILES string of the molecule is CCCCCCCCC1(CCCCCCCC)c2cc(C)c(CCCCCCCCc3ccc(N(c4ccc(N(c5c(C)cc(C(C)(C)C)cc5C)c5c(C)cc(C(C)(C)C)cc5C)cc4)c4c(C)cc(C(C)(C)C)cc4C)cc3)cc2-c2cc(CCCCCCCCc3ccc(N(c4ccc(N(c5c(C)cc(C(C)(C)C)cc5C)c5c(C)cc(C(C)(C)C)cc5C)cc4)c4c(C)cc(C(C)(C)C)cc4C)cc3)c(C)cc21. The zero-order valence-corrected chi connectivity index (χ0v) is 99.0. The third-order valence-electron chi connectivity index (χ3n) is 33.1. The van der Waals surface area contributed by atoms with Crippen LogP contribution in [-0.4, -0.2) is 0 Å². The van der Waals surface area contributed by atoms with Gasteiger partial charge in [-0.15, -0.1) is 0 Å². The van der Waals surface area contributed by atoms with Crippen molar-refractivity contribution < 1.29 is 0 Å². The van der Waals surface area contributed by atoms with Crippen molar-refractivity contribution in [1.82, 2.24) is 0 Å². The molecule has 0 radical (unpaired) electrons. The maximum absolute atomic E-state index is 2.75. The smallest absolute Gasteiger partial charge is 0.0520 e. The van der Waals surface area contributed by atoms with Crippen LogP contribution in [0.4, 0.5) is 68.2 Å². The summed E-state index contributed by atoms with van der Waals surface area (Å²) < 4.78 is 0. The van der Waals surface area contributed by atoms with Gasteiger partial charge in [-0.05, 0) is 422 Å². The number of benzene rings is 12. The highest BCUT2D eigenvalue weighted by Gasteiger charge is 2.44. The monoisotopic (exact) mass is 1970 g/mol. The van der Waals surface area contributed by atoms with E-state index in [4.69, 9.17) is 0 Å². The second-order valence-electron chi connectivity index (χ2n) is 52.0. The minimum atomic E-state index is 0.0333. The lowest BCUT2D eigenvalue weighted by molar-refractivity contribution is 0.397. The number of fused-ring (bicyclic) bond motifs is 3. The Balaban J connectivity index is 0.666. The van der Waals surface area contributed by atoms with Gasteiger partial charge in [0.05, 0.1) is 34.1 Å². The topological polar surface area (TPSA) is 13.0 Å². The van der Waals surface area contributed by atoms with Crippen LogP contribution in [0.5, 0.6) is 0 Å². The van der Waals surface area contributed by atoms with Crippen LogP contribution in [0.2, 0.25) is 0 Å². The van der Waals surface area contributed by atoms with Crippen molar-refractivity contribution in [3.63, 3.8) is 0 Å². The van der Waals surface area contributed by atoms with E-state index in [-0.39, 0.29) is 37.9 Å². The van der Waals surface area contributed by atoms with Crippen molar-refractivity contribution in [2.75, 3.05) is 19.6 Å². The Kier molecular flexibility index (Phi) is 37.5. The molecular formula is C143H194N4. The molecule has 1 aliphatic carbocycles. The fourth-order valence-electron chi connectivity index (χ4n) is 24.3. The van der Waals surface area contributed by atoms with E-state index in [1.54, 1.807) is 33.4 Å². The van der Waals surface area contributed by atoms with Gasteiger partial charge in [0, 0.05) is 39.5 Å². The summed E-state index contributed by atoms with van der Waals surface area (Å²) in [5, 5.41) is 0. The number of rotatable bonds is 44. The maximum Gasteiger partial charge on any atom is 0.0520 e. The number of hydrogen-bond acceptors (Lipinski definition) is 4. The van der Waals surface area contributed by atoms with Crippen molar-refractivity contribution >= 4 is 68.2 Å². The van der Waals surface area contributed by atoms with Gasteiger partial charge in [-0.2, -0.15) is 0 Å². The zero-order chi connectivity index (χ0) is 107. The van der Waals surface area contributed by atoms with Gasteiger partial charge in [0.25, 0.3) is 0 Å². The molecule has 4 nitrogen and oxygen atoms in total. The lowest BCUT2D eigenvalue weighted by Gasteiger charge is -2.34. The normalized spacial score (nSPS) is 12.9. The van der Waals surface area contributed by atoms with Gasteiger partial charge in [0.15, 0.2) is 0 Å². The molecule has 0 N–H and O–H groups in total. The first-order chi connectivity index (χ1) is 69.4. The summed E-state index contributed by atoms with van der Waals surface area (Å²) in [5.74, 6) is 0. The number of unbranched alkanes of at least 4 members (excludes halogenated alkanes) is 20. The van der Waals surface area contributed by atoms with Gasteiger partial charge in [0.1, 0.15) is 0 Å². The Bertz CT molecular complexity index is 5780. The van der Waals surface area contributed by atoms with Gasteiger partial charge in [-0.3, -0.25) is 0 Å². The first-order valence-corrected chi connectivity index (χ1v) is 58.0. The standard InChI is InChI=1S/C143H194N4/c1-35-37-39-41-51-57-79-143(80-58-52-42-40-38-36-2)129-93-97(3)113(61-55-49-45-43-47-53-59-111-63-67-121(68-64-111)144(131-99(5)81-115(82-100(131)6)137(17,18)19)123-71-75-125(76-72-123)146(133-103(9)85-117(86-104(133)10)139(23,24)25)134-105(11)87-118(88-106(134)12)140(26,27)28)95-127(129)128-96-114(98(4)94-130(128)143)62-56-50-46-44-48-54-60-112-65-69-122(70-66-112)145(132-101(7)83-116(84-102(132)8)138(20,21)22)124-73-77-126(78-74-124)147(135-107(13)89-119(90-108(135)14)141(29,30)31)136-109(15)91-120(92-110(136)16)142(32,33)34/h63-78,81-96H,35-62,79-80H2,1-34H3. The van der Waals surface area contributed by atoms with Gasteiger partial charge in [-0.25, -0.2) is 0 Å². The first-order valence-electron chi connectivity index (χ1n) is 58.0. The number of nitrogens with zero attached hydrogens (tertiary/aromatic N) is 4. The maximum atomic E-state index is 2.75. The molecule has 786 valence electrons. The van der Waals surface area contributed by atoms with E-state index in [1.807, 2.05) is 0 Å². The predicted octanol–water partition coefficient (Wildman–Crippen LogP) is 43.7. The third-order valence-corrected chi connectivity index (χ3v) is 33.1.